The van der Waals surface area contributed by atoms with Crippen LogP contribution in [-0.4, -0.2) is 69.4 Å². The Morgan fingerprint density at radius 2 is 1.55 bits per heavy atom. The van der Waals surface area contributed by atoms with Gasteiger partial charge >= 0.3 is 5.97 Å². The van der Waals surface area contributed by atoms with Gasteiger partial charge in [-0.2, -0.15) is 0 Å². The molecule has 0 bridgehead atoms. The summed E-state index contributed by atoms with van der Waals surface area (Å²) in [5.41, 5.74) is 9.63. The molecule has 3 aromatic carbocycles. The predicted molar refractivity (Wildman–Crippen MR) is 181 cm³/mol. The summed E-state index contributed by atoms with van der Waals surface area (Å²) in [5.74, 6) is 0.00654. The van der Waals surface area contributed by atoms with Gasteiger partial charge in [-0.3, -0.25) is 9.59 Å². The molecule has 4 rings (SSSR count). The number of hydrogen-bond donors (Lipinski definition) is 3. The van der Waals surface area contributed by atoms with Crippen LogP contribution in [0.15, 0.2) is 60.7 Å². The van der Waals surface area contributed by atoms with Crippen LogP contribution in [0.4, 0.5) is 0 Å². The number of aliphatic hydroxyl groups is 1. The molecule has 49 heavy (non-hydrogen) atoms. The number of fused-ring (bicyclic) bond motifs is 1. The van der Waals surface area contributed by atoms with E-state index in [2.05, 4.69) is 5.32 Å². The van der Waals surface area contributed by atoms with E-state index in [0.29, 0.717) is 40.4 Å². The standard InChI is InChI=1S/C37H44N2O9.ClH/c1-21(2)16-29(39-36(42)33(41)28(38)17-22-10-8-7-9-11-22)37(43)48-31-18-23(12-15-30(31)44-3)26-19-24(40)13-14-25-27(26)20-32(45-4)35(47-6)34(25)46-5;/h7-12,15,18-21,28-29,33,41H,13-14,16-17,38H2,1-6H3,(H,39,42);1H/p-1. The van der Waals surface area contributed by atoms with Gasteiger partial charge in [0, 0.05) is 18.0 Å². The molecule has 0 radical (unpaired) electrons. The maximum Gasteiger partial charge on any atom is 0.334 e. The minimum Gasteiger partial charge on any atom is -1.00 e. The molecular weight excluding hydrogens is 652 g/mol. The number of allylic oxidation sites excluding steroid dienone is 1. The molecule has 12 heteroatoms. The van der Waals surface area contributed by atoms with Gasteiger partial charge in [-0.05, 0) is 71.7 Å². The van der Waals surface area contributed by atoms with E-state index in [9.17, 15) is 19.5 Å². The van der Waals surface area contributed by atoms with Gasteiger partial charge < -0.3 is 52.2 Å². The number of aliphatic hydroxyl groups excluding tert-OH is 1. The summed E-state index contributed by atoms with van der Waals surface area (Å²) in [7, 11) is 6.00. The number of nitrogens with one attached hydrogen (secondary N) is 1. The van der Waals surface area contributed by atoms with Crippen LogP contribution in [0.3, 0.4) is 0 Å². The monoisotopic (exact) mass is 695 g/mol. The van der Waals surface area contributed by atoms with Crippen molar-refractivity contribution in [1.29, 1.82) is 0 Å². The first-order chi connectivity index (χ1) is 23.0. The minimum atomic E-state index is -1.56. The molecule has 0 aromatic heterocycles. The number of hydrogen-bond acceptors (Lipinski definition) is 10. The first-order valence-electron chi connectivity index (χ1n) is 15.8. The van der Waals surface area contributed by atoms with Crippen molar-refractivity contribution in [2.24, 2.45) is 11.7 Å². The van der Waals surface area contributed by atoms with Crippen molar-refractivity contribution in [2.75, 3.05) is 28.4 Å². The summed E-state index contributed by atoms with van der Waals surface area (Å²) in [5, 5.41) is 13.4. The number of carbonyl (C=O) groups excluding carboxylic acids is 3. The maximum atomic E-state index is 13.6. The molecule has 3 unspecified atom stereocenters. The normalized spacial score (nSPS) is 14.2. The number of methoxy groups -OCH3 is 4. The number of ketones is 1. The third kappa shape index (κ3) is 9.32. The molecule has 0 saturated heterocycles. The SMILES string of the molecule is COc1ccc(C2=CC(=O)CCc3c2cc(OC)c(OC)c3OC)cc1OC(=O)C(CC(C)C)NC(=O)C(O)C(N)Cc1ccccc1.[Cl-]. The highest BCUT2D eigenvalue weighted by Gasteiger charge is 2.31. The molecule has 0 spiro atoms. The zero-order valence-electron chi connectivity index (χ0n) is 28.6. The Hall–Kier alpha value is -4.58. The van der Waals surface area contributed by atoms with Gasteiger partial charge in [-0.15, -0.1) is 0 Å². The second-order valence-corrected chi connectivity index (χ2v) is 12.0. The predicted octanol–water partition coefficient (Wildman–Crippen LogP) is 1.04. The lowest BCUT2D eigenvalue weighted by Gasteiger charge is -2.24. The zero-order chi connectivity index (χ0) is 35.0. The van der Waals surface area contributed by atoms with Crippen molar-refractivity contribution in [3.05, 3.63) is 82.9 Å². The number of halogens is 1. The molecule has 1 aliphatic carbocycles. The van der Waals surface area contributed by atoms with E-state index in [1.807, 2.05) is 44.2 Å². The van der Waals surface area contributed by atoms with Crippen molar-refractivity contribution in [1.82, 2.24) is 5.32 Å². The lowest BCUT2D eigenvalue weighted by atomic mass is 9.92. The number of rotatable bonds is 14. The molecule has 3 atom stereocenters. The van der Waals surface area contributed by atoms with Crippen molar-refractivity contribution in [2.45, 2.75) is 57.7 Å². The van der Waals surface area contributed by atoms with Gasteiger partial charge in [0.1, 0.15) is 12.1 Å². The highest BCUT2D eigenvalue weighted by Crippen LogP contribution is 2.47. The largest absolute Gasteiger partial charge is 1.00 e. The molecular formula is C37H44ClN2O9-. The third-order valence-electron chi connectivity index (χ3n) is 8.13. The molecule has 0 heterocycles. The highest BCUT2D eigenvalue weighted by atomic mass is 35.5. The number of ether oxygens (including phenoxy) is 5. The molecule has 0 aliphatic heterocycles. The summed E-state index contributed by atoms with van der Waals surface area (Å²) in [4.78, 5) is 39.7. The number of carbonyl (C=O) groups is 3. The van der Waals surface area contributed by atoms with Crippen LogP contribution in [0.1, 0.15) is 48.9 Å². The van der Waals surface area contributed by atoms with Crippen LogP contribution in [0.25, 0.3) is 5.57 Å². The van der Waals surface area contributed by atoms with Gasteiger partial charge in [0.05, 0.1) is 28.4 Å². The molecule has 4 N–H and O–H groups in total. The summed E-state index contributed by atoms with van der Waals surface area (Å²) in [6.45, 7) is 3.80. The highest BCUT2D eigenvalue weighted by molar-refractivity contribution is 6.03. The smallest absolute Gasteiger partial charge is 0.334 e. The van der Waals surface area contributed by atoms with E-state index in [1.165, 1.54) is 28.4 Å². The fourth-order valence-electron chi connectivity index (χ4n) is 5.74. The van der Waals surface area contributed by atoms with Crippen LogP contribution in [0.5, 0.6) is 28.7 Å². The second-order valence-electron chi connectivity index (χ2n) is 12.0. The number of amides is 1. The Labute approximate surface area is 293 Å². The second kappa shape index (κ2) is 17.7. The van der Waals surface area contributed by atoms with E-state index in [-0.39, 0.29) is 54.9 Å². The van der Waals surface area contributed by atoms with E-state index in [0.717, 1.165) is 11.1 Å². The van der Waals surface area contributed by atoms with E-state index in [1.54, 1.807) is 30.3 Å². The molecule has 11 nitrogen and oxygen atoms in total. The fourth-order valence-corrected chi connectivity index (χ4v) is 5.74. The summed E-state index contributed by atoms with van der Waals surface area (Å²) >= 11 is 0. The maximum absolute atomic E-state index is 13.6. The molecule has 3 aromatic rings. The van der Waals surface area contributed by atoms with Crippen LogP contribution < -0.4 is 47.1 Å². The molecule has 1 aliphatic rings. The fraction of sp³-hybridized carbons (Fsp3) is 0.378. The Morgan fingerprint density at radius 1 is 0.878 bits per heavy atom. The van der Waals surface area contributed by atoms with Gasteiger partial charge in [-0.25, -0.2) is 4.79 Å². The van der Waals surface area contributed by atoms with Crippen LogP contribution >= 0.6 is 0 Å². The Bertz CT molecular complexity index is 1660. The summed E-state index contributed by atoms with van der Waals surface area (Å²) in [6.07, 6.45) is 1.15. The third-order valence-corrected chi connectivity index (χ3v) is 8.13. The lowest BCUT2D eigenvalue weighted by molar-refractivity contribution is -0.142. The van der Waals surface area contributed by atoms with Crippen LogP contribution in [0.2, 0.25) is 0 Å². The molecule has 1 amide bonds. The number of nitrogens with two attached hydrogens (primary N) is 1. The Morgan fingerprint density at radius 3 is 2.16 bits per heavy atom. The van der Waals surface area contributed by atoms with E-state index < -0.39 is 30.1 Å². The van der Waals surface area contributed by atoms with Gasteiger partial charge in [-0.1, -0.05) is 50.2 Å². The summed E-state index contributed by atoms with van der Waals surface area (Å²) < 4.78 is 28.3. The van der Waals surface area contributed by atoms with Crippen molar-refractivity contribution < 1.29 is 55.6 Å². The molecule has 0 saturated carbocycles. The van der Waals surface area contributed by atoms with Crippen molar-refractivity contribution >= 4 is 23.2 Å². The van der Waals surface area contributed by atoms with Gasteiger partial charge in [0.25, 0.3) is 5.91 Å². The Kier molecular flexibility index (Phi) is 14.0. The Balaban J connectivity index is 0.00000650. The quantitative estimate of drug-likeness (QED) is 0.165. The first kappa shape index (κ1) is 38.9. The van der Waals surface area contributed by atoms with Crippen LogP contribution in [-0.2, 0) is 27.2 Å². The summed E-state index contributed by atoms with van der Waals surface area (Å²) in [6, 6.07) is 14.1. The van der Waals surface area contributed by atoms with Crippen molar-refractivity contribution in [3.63, 3.8) is 0 Å². The zero-order valence-corrected chi connectivity index (χ0v) is 29.3. The van der Waals surface area contributed by atoms with Crippen LogP contribution in [0, 0.1) is 5.92 Å². The lowest BCUT2D eigenvalue weighted by Crippen LogP contribution is -3.00. The van der Waals surface area contributed by atoms with Gasteiger partial charge in [0.2, 0.25) is 5.75 Å². The minimum absolute atomic E-state index is 0. The van der Waals surface area contributed by atoms with Gasteiger partial charge in [0.15, 0.2) is 28.8 Å². The molecule has 264 valence electrons. The first-order valence-corrected chi connectivity index (χ1v) is 15.8. The van der Waals surface area contributed by atoms with E-state index >= 15 is 0 Å². The number of benzene rings is 3. The number of esters is 1. The molecule has 0 fully saturated rings. The average molecular weight is 696 g/mol. The van der Waals surface area contributed by atoms with Crippen molar-refractivity contribution in [3.8, 4) is 28.7 Å². The average Bonchev–Trinajstić information content (AvgIpc) is 3.24. The topological polar surface area (TPSA) is 156 Å². The van der Waals surface area contributed by atoms with E-state index in [4.69, 9.17) is 29.4 Å².